The fourth-order valence-electron chi connectivity index (χ4n) is 4.38. The van der Waals surface area contributed by atoms with Gasteiger partial charge in [-0.2, -0.15) is 0 Å². The van der Waals surface area contributed by atoms with E-state index in [-0.39, 0.29) is 24.2 Å². The predicted octanol–water partition coefficient (Wildman–Crippen LogP) is 4.21. The van der Waals surface area contributed by atoms with Crippen molar-refractivity contribution < 1.29 is 23.5 Å². The maximum absolute atomic E-state index is 13.8. The summed E-state index contributed by atoms with van der Waals surface area (Å²) < 4.78 is 24.4. The van der Waals surface area contributed by atoms with Crippen molar-refractivity contribution in [2.75, 3.05) is 53.0 Å². The van der Waals surface area contributed by atoms with E-state index in [0.29, 0.717) is 50.7 Å². The molecule has 9 heteroatoms. The molecule has 1 aromatic heterocycles. The molecular weight excluding hydrogens is 505 g/mol. The van der Waals surface area contributed by atoms with Crippen LogP contribution in [0.1, 0.15) is 26.4 Å². The van der Waals surface area contributed by atoms with E-state index in [1.165, 1.54) is 19.2 Å². The molecule has 2 amide bonds. The van der Waals surface area contributed by atoms with Crippen LogP contribution in [0.5, 0.6) is 5.75 Å². The Bertz CT molecular complexity index is 1210. The van der Waals surface area contributed by atoms with Crippen LogP contribution in [0.4, 0.5) is 4.39 Å². The molecule has 1 fully saturated rings. The van der Waals surface area contributed by atoms with Crippen LogP contribution < -0.4 is 4.74 Å². The van der Waals surface area contributed by atoms with E-state index in [9.17, 15) is 14.0 Å². The number of ether oxygens (including phenoxy) is 2. The van der Waals surface area contributed by atoms with Crippen LogP contribution in [0.2, 0.25) is 0 Å². The number of hydrogen-bond donors (Lipinski definition) is 0. The van der Waals surface area contributed by atoms with Crippen molar-refractivity contribution >= 4 is 23.2 Å². The maximum atomic E-state index is 13.8. The summed E-state index contributed by atoms with van der Waals surface area (Å²) in [7, 11) is 1.53. The van der Waals surface area contributed by atoms with Gasteiger partial charge < -0.3 is 19.3 Å². The Morgan fingerprint density at radius 1 is 1.03 bits per heavy atom. The molecule has 0 unspecified atom stereocenters. The summed E-state index contributed by atoms with van der Waals surface area (Å²) in [6, 6.07) is 15.3. The summed E-state index contributed by atoms with van der Waals surface area (Å²) in [6.45, 7) is 6.61. The van der Waals surface area contributed by atoms with Crippen LogP contribution in [0.15, 0.2) is 60.0 Å². The first kappa shape index (κ1) is 27.8. The molecule has 0 aliphatic carbocycles. The van der Waals surface area contributed by atoms with Crippen molar-refractivity contribution in [1.82, 2.24) is 14.7 Å². The molecule has 2 aromatic carbocycles. The number of carbonyl (C=O) groups excluding carboxylic acids is 2. The number of carbonyl (C=O) groups is 2. The zero-order valence-electron chi connectivity index (χ0n) is 21.9. The number of hydrogen-bond acceptors (Lipinski definition) is 6. The molecule has 0 radical (unpaired) electrons. The fraction of sp³-hybridized carbons (Fsp3) is 0.379. The quantitative estimate of drug-likeness (QED) is 0.366. The van der Waals surface area contributed by atoms with E-state index >= 15 is 0 Å². The standard InChI is InChI=1S/C29H34FN3O4S/c1-22-11-18-38-27(22)20-33(19-23-7-9-24(30)10-8-23)28(34)21-32(13-12-31-14-16-37-17-15-31)29(35)25-5-3-4-6-26(25)36-2/h3-11,18H,12-17,19-21H2,1-2H3. The molecule has 4 rings (SSSR count). The number of thiophene rings is 1. The van der Waals surface area contributed by atoms with E-state index in [4.69, 9.17) is 9.47 Å². The molecule has 38 heavy (non-hydrogen) atoms. The van der Waals surface area contributed by atoms with Gasteiger partial charge in [0.15, 0.2) is 0 Å². The van der Waals surface area contributed by atoms with E-state index in [0.717, 1.165) is 29.1 Å². The van der Waals surface area contributed by atoms with Crippen molar-refractivity contribution in [3.8, 4) is 5.75 Å². The van der Waals surface area contributed by atoms with Crippen LogP contribution in [0.25, 0.3) is 0 Å². The lowest BCUT2D eigenvalue weighted by Gasteiger charge is -2.31. The van der Waals surface area contributed by atoms with E-state index < -0.39 is 0 Å². The Balaban J connectivity index is 1.56. The molecule has 3 aromatic rings. The second kappa shape index (κ2) is 13.5. The number of halogens is 1. The number of amides is 2. The van der Waals surface area contributed by atoms with Gasteiger partial charge in [0.05, 0.1) is 32.4 Å². The normalized spacial score (nSPS) is 13.8. The third-order valence-electron chi connectivity index (χ3n) is 6.68. The van der Waals surface area contributed by atoms with Crippen LogP contribution in [-0.4, -0.2) is 79.6 Å². The lowest BCUT2D eigenvalue weighted by atomic mass is 10.1. The van der Waals surface area contributed by atoms with E-state index in [2.05, 4.69) is 4.90 Å². The minimum Gasteiger partial charge on any atom is -0.496 e. The van der Waals surface area contributed by atoms with Crippen LogP contribution >= 0.6 is 11.3 Å². The highest BCUT2D eigenvalue weighted by Gasteiger charge is 2.26. The molecule has 202 valence electrons. The smallest absolute Gasteiger partial charge is 0.258 e. The largest absolute Gasteiger partial charge is 0.496 e. The van der Waals surface area contributed by atoms with Crippen LogP contribution in [-0.2, 0) is 22.6 Å². The van der Waals surface area contributed by atoms with Gasteiger partial charge in [0.1, 0.15) is 18.1 Å². The van der Waals surface area contributed by atoms with Crippen molar-refractivity contribution in [2.24, 2.45) is 0 Å². The third kappa shape index (κ3) is 7.40. The molecule has 0 bridgehead atoms. The summed E-state index contributed by atoms with van der Waals surface area (Å²) >= 11 is 1.59. The zero-order valence-corrected chi connectivity index (χ0v) is 22.7. The van der Waals surface area contributed by atoms with Gasteiger partial charge >= 0.3 is 0 Å². The monoisotopic (exact) mass is 539 g/mol. The minimum atomic E-state index is -0.322. The summed E-state index contributed by atoms with van der Waals surface area (Å²) in [4.78, 5) is 34.2. The summed E-state index contributed by atoms with van der Waals surface area (Å²) in [5.41, 5.74) is 2.36. The zero-order chi connectivity index (χ0) is 26.9. The fourth-order valence-corrected chi connectivity index (χ4v) is 5.30. The molecule has 2 heterocycles. The molecule has 0 spiro atoms. The lowest BCUT2D eigenvalue weighted by molar-refractivity contribution is -0.133. The minimum absolute atomic E-state index is 0.0765. The summed E-state index contributed by atoms with van der Waals surface area (Å²) in [5.74, 6) is -0.276. The number of nitrogens with zero attached hydrogens (tertiary/aromatic N) is 3. The van der Waals surface area contributed by atoms with E-state index in [1.54, 1.807) is 51.5 Å². The molecule has 0 atom stereocenters. The average molecular weight is 540 g/mol. The third-order valence-corrected chi connectivity index (χ3v) is 7.69. The Kier molecular flexibility index (Phi) is 9.86. The first-order valence-electron chi connectivity index (χ1n) is 12.7. The number of morpholine rings is 1. The van der Waals surface area contributed by atoms with Crippen molar-refractivity contribution in [1.29, 1.82) is 0 Å². The molecule has 1 aliphatic heterocycles. The average Bonchev–Trinajstić information content (AvgIpc) is 3.35. The Hall–Kier alpha value is -3.27. The van der Waals surface area contributed by atoms with Crippen molar-refractivity contribution in [2.45, 2.75) is 20.0 Å². The molecule has 1 aliphatic rings. The van der Waals surface area contributed by atoms with Gasteiger partial charge in [-0.1, -0.05) is 24.3 Å². The van der Waals surface area contributed by atoms with Gasteiger partial charge in [-0.15, -0.1) is 11.3 Å². The highest BCUT2D eigenvalue weighted by Crippen LogP contribution is 2.22. The van der Waals surface area contributed by atoms with Crippen molar-refractivity contribution in [3.63, 3.8) is 0 Å². The molecule has 7 nitrogen and oxygen atoms in total. The number of rotatable bonds is 11. The highest BCUT2D eigenvalue weighted by atomic mass is 32.1. The molecular formula is C29H34FN3O4S. The van der Waals surface area contributed by atoms with Crippen LogP contribution in [0.3, 0.4) is 0 Å². The summed E-state index contributed by atoms with van der Waals surface area (Å²) in [5, 5.41) is 2.01. The molecule has 0 saturated carbocycles. The second-order valence-electron chi connectivity index (χ2n) is 9.28. The Morgan fingerprint density at radius 3 is 2.45 bits per heavy atom. The molecule has 1 saturated heterocycles. The maximum Gasteiger partial charge on any atom is 0.258 e. The van der Waals surface area contributed by atoms with E-state index in [1.807, 2.05) is 24.4 Å². The van der Waals surface area contributed by atoms with Gasteiger partial charge in [-0.3, -0.25) is 14.5 Å². The van der Waals surface area contributed by atoms with Gasteiger partial charge in [0, 0.05) is 37.6 Å². The van der Waals surface area contributed by atoms with Gasteiger partial charge in [0.25, 0.3) is 5.91 Å². The molecule has 0 N–H and O–H groups in total. The SMILES string of the molecule is COc1ccccc1C(=O)N(CCN1CCOCC1)CC(=O)N(Cc1ccc(F)cc1)Cc1sccc1C. The Labute approximate surface area is 227 Å². The summed E-state index contributed by atoms with van der Waals surface area (Å²) in [6.07, 6.45) is 0. The first-order chi connectivity index (χ1) is 18.4. The number of methoxy groups -OCH3 is 1. The topological polar surface area (TPSA) is 62.3 Å². The highest BCUT2D eigenvalue weighted by molar-refractivity contribution is 7.10. The van der Waals surface area contributed by atoms with Crippen molar-refractivity contribution in [3.05, 3.63) is 87.4 Å². The van der Waals surface area contributed by atoms with Gasteiger partial charge in [0.2, 0.25) is 5.91 Å². The number of aryl methyl sites for hydroxylation is 1. The predicted molar refractivity (Wildman–Crippen MR) is 146 cm³/mol. The number of para-hydroxylation sites is 1. The lowest BCUT2D eigenvalue weighted by Crippen LogP contribution is -2.47. The first-order valence-corrected chi connectivity index (χ1v) is 13.6. The number of benzene rings is 2. The second-order valence-corrected chi connectivity index (χ2v) is 10.3. The van der Waals surface area contributed by atoms with Gasteiger partial charge in [-0.25, -0.2) is 4.39 Å². The van der Waals surface area contributed by atoms with Crippen LogP contribution in [0, 0.1) is 12.7 Å². The van der Waals surface area contributed by atoms with Gasteiger partial charge in [-0.05, 0) is 53.8 Å². The Morgan fingerprint density at radius 2 is 1.76 bits per heavy atom.